The minimum Gasteiger partial charge on any atom is -0.494 e. The second-order valence-electron chi connectivity index (χ2n) is 5.48. The van der Waals surface area contributed by atoms with Crippen LogP contribution in [0.3, 0.4) is 0 Å². The first kappa shape index (κ1) is 16.0. The van der Waals surface area contributed by atoms with Gasteiger partial charge in [0.1, 0.15) is 0 Å². The number of halogens is 1. The van der Waals surface area contributed by atoms with Crippen molar-refractivity contribution in [1.82, 2.24) is 0 Å². The van der Waals surface area contributed by atoms with Gasteiger partial charge in [0.25, 0.3) is 0 Å². The third kappa shape index (κ3) is 5.17. The second-order valence-corrected chi connectivity index (χ2v) is 5.48. The fraction of sp³-hybridized carbons (Fsp3) is 0.625. The lowest BCUT2D eigenvalue weighted by Crippen LogP contribution is -2.28. The molecule has 0 aromatic heterocycles. The molecule has 4 nitrogen and oxygen atoms in total. The molecule has 0 aliphatic heterocycles. The maximum atomic E-state index is 13.5. The fourth-order valence-electron chi connectivity index (χ4n) is 2.55. The number of methoxy groups -OCH3 is 1. The van der Waals surface area contributed by atoms with Gasteiger partial charge in [0.15, 0.2) is 11.6 Å². The van der Waals surface area contributed by atoms with Gasteiger partial charge in [0.05, 0.1) is 25.9 Å². The minimum absolute atomic E-state index is 0.210. The number of rotatable bonds is 7. The molecule has 0 spiro atoms. The molecule has 0 bridgehead atoms. The van der Waals surface area contributed by atoms with Gasteiger partial charge in [-0.2, -0.15) is 0 Å². The highest BCUT2D eigenvalue weighted by Gasteiger charge is 2.15. The van der Waals surface area contributed by atoms with E-state index < -0.39 is 11.9 Å². The zero-order chi connectivity index (χ0) is 15.1. The summed E-state index contributed by atoms with van der Waals surface area (Å²) in [5.74, 6) is -0.211. The predicted octanol–water partition coefficient (Wildman–Crippen LogP) is 2.96. The Morgan fingerprint density at radius 1 is 1.33 bits per heavy atom. The molecule has 0 saturated heterocycles. The molecule has 21 heavy (non-hydrogen) atoms. The van der Waals surface area contributed by atoms with Crippen molar-refractivity contribution in [2.45, 2.75) is 44.3 Å². The number of benzene rings is 1. The summed E-state index contributed by atoms with van der Waals surface area (Å²) in [6.45, 7) is 0.648. The standard InChI is InChI=1S/C16H24FNO3/c1-20-16-8-7-12(9-15(16)17)18-10-13(19)11-21-14-5-3-2-4-6-14/h7-9,13-14,18-19H,2-6,10-11H2,1H3. The van der Waals surface area contributed by atoms with E-state index >= 15 is 0 Å². The van der Waals surface area contributed by atoms with Crippen LogP contribution in [0, 0.1) is 5.82 Å². The highest BCUT2D eigenvalue weighted by atomic mass is 19.1. The van der Waals surface area contributed by atoms with Gasteiger partial charge < -0.3 is 19.9 Å². The number of hydrogen-bond donors (Lipinski definition) is 2. The Hall–Kier alpha value is -1.33. The number of nitrogens with one attached hydrogen (secondary N) is 1. The van der Waals surface area contributed by atoms with Crippen LogP contribution in [0.2, 0.25) is 0 Å². The first-order chi connectivity index (χ1) is 10.2. The summed E-state index contributed by atoms with van der Waals surface area (Å²) < 4.78 is 24.1. The smallest absolute Gasteiger partial charge is 0.167 e. The Balaban J connectivity index is 1.70. The molecular formula is C16H24FNO3. The van der Waals surface area contributed by atoms with E-state index in [1.54, 1.807) is 12.1 Å². The molecular weight excluding hydrogens is 273 g/mol. The summed E-state index contributed by atoms with van der Waals surface area (Å²) in [5, 5.41) is 12.9. The average molecular weight is 297 g/mol. The summed E-state index contributed by atoms with van der Waals surface area (Å²) in [5.41, 5.74) is 0.616. The Morgan fingerprint density at radius 2 is 2.10 bits per heavy atom. The number of anilines is 1. The fourth-order valence-corrected chi connectivity index (χ4v) is 2.55. The molecule has 1 aromatic rings. The first-order valence-corrected chi connectivity index (χ1v) is 7.56. The van der Waals surface area contributed by atoms with Crippen molar-refractivity contribution in [1.29, 1.82) is 0 Å². The second kappa shape index (κ2) is 8.20. The number of aliphatic hydroxyl groups is 1. The van der Waals surface area contributed by atoms with Crippen LogP contribution in [0.4, 0.5) is 10.1 Å². The molecule has 1 aliphatic rings. The molecule has 0 heterocycles. The van der Waals surface area contributed by atoms with E-state index in [-0.39, 0.29) is 11.9 Å². The van der Waals surface area contributed by atoms with Crippen molar-refractivity contribution in [2.75, 3.05) is 25.6 Å². The summed E-state index contributed by atoms with van der Waals surface area (Å²) in [6.07, 6.45) is 5.57. The number of hydrogen-bond acceptors (Lipinski definition) is 4. The van der Waals surface area contributed by atoms with Crippen LogP contribution in [-0.4, -0.2) is 37.6 Å². The predicted molar refractivity (Wildman–Crippen MR) is 80.3 cm³/mol. The lowest BCUT2D eigenvalue weighted by atomic mass is 9.98. The summed E-state index contributed by atoms with van der Waals surface area (Å²) in [7, 11) is 1.43. The summed E-state index contributed by atoms with van der Waals surface area (Å²) in [6, 6.07) is 4.63. The number of aliphatic hydroxyl groups excluding tert-OH is 1. The van der Waals surface area contributed by atoms with Crippen LogP contribution in [0.5, 0.6) is 5.75 Å². The summed E-state index contributed by atoms with van der Waals surface area (Å²) in [4.78, 5) is 0. The zero-order valence-electron chi connectivity index (χ0n) is 12.5. The Kier molecular flexibility index (Phi) is 6.26. The quantitative estimate of drug-likeness (QED) is 0.812. The van der Waals surface area contributed by atoms with Crippen LogP contribution in [0.25, 0.3) is 0 Å². The lowest BCUT2D eigenvalue weighted by molar-refractivity contribution is -0.0195. The molecule has 2 rings (SSSR count). The zero-order valence-corrected chi connectivity index (χ0v) is 12.5. The molecule has 1 fully saturated rings. The van der Waals surface area contributed by atoms with E-state index in [0.29, 0.717) is 18.8 Å². The van der Waals surface area contributed by atoms with E-state index in [4.69, 9.17) is 9.47 Å². The maximum Gasteiger partial charge on any atom is 0.167 e. The van der Waals surface area contributed by atoms with Gasteiger partial charge in [0.2, 0.25) is 0 Å². The van der Waals surface area contributed by atoms with E-state index in [9.17, 15) is 9.50 Å². The summed E-state index contributed by atoms with van der Waals surface area (Å²) >= 11 is 0. The van der Waals surface area contributed by atoms with Gasteiger partial charge in [-0.25, -0.2) is 4.39 Å². The normalized spacial score (nSPS) is 17.5. The molecule has 1 saturated carbocycles. The molecule has 1 aromatic carbocycles. The lowest BCUT2D eigenvalue weighted by Gasteiger charge is -2.23. The van der Waals surface area contributed by atoms with E-state index in [2.05, 4.69) is 5.32 Å². The van der Waals surface area contributed by atoms with Crippen molar-refractivity contribution in [3.8, 4) is 5.75 Å². The van der Waals surface area contributed by atoms with Crippen molar-refractivity contribution >= 4 is 5.69 Å². The van der Waals surface area contributed by atoms with Gasteiger partial charge in [-0.15, -0.1) is 0 Å². The van der Waals surface area contributed by atoms with Crippen LogP contribution in [-0.2, 0) is 4.74 Å². The average Bonchev–Trinajstić information content (AvgIpc) is 2.52. The third-order valence-corrected chi connectivity index (χ3v) is 3.77. The van der Waals surface area contributed by atoms with Crippen LogP contribution < -0.4 is 10.1 Å². The minimum atomic E-state index is -0.600. The molecule has 118 valence electrons. The van der Waals surface area contributed by atoms with Gasteiger partial charge >= 0.3 is 0 Å². The maximum absolute atomic E-state index is 13.5. The van der Waals surface area contributed by atoms with Crippen LogP contribution in [0.15, 0.2) is 18.2 Å². The highest BCUT2D eigenvalue weighted by molar-refractivity contribution is 5.47. The monoisotopic (exact) mass is 297 g/mol. The van der Waals surface area contributed by atoms with E-state index in [1.165, 1.54) is 32.4 Å². The van der Waals surface area contributed by atoms with Crippen molar-refractivity contribution in [2.24, 2.45) is 0 Å². The molecule has 2 N–H and O–H groups in total. The first-order valence-electron chi connectivity index (χ1n) is 7.56. The topological polar surface area (TPSA) is 50.7 Å². The SMILES string of the molecule is COc1ccc(NCC(O)COC2CCCCC2)cc1F. The van der Waals surface area contributed by atoms with E-state index in [1.807, 2.05) is 0 Å². The van der Waals surface area contributed by atoms with Crippen molar-refractivity contribution in [3.05, 3.63) is 24.0 Å². The van der Waals surface area contributed by atoms with E-state index in [0.717, 1.165) is 12.8 Å². The molecule has 1 unspecified atom stereocenters. The highest BCUT2D eigenvalue weighted by Crippen LogP contribution is 2.21. The Morgan fingerprint density at radius 3 is 2.76 bits per heavy atom. The van der Waals surface area contributed by atoms with Crippen molar-refractivity contribution in [3.63, 3.8) is 0 Å². The van der Waals surface area contributed by atoms with Gasteiger partial charge in [0, 0.05) is 18.3 Å². The third-order valence-electron chi connectivity index (χ3n) is 3.77. The van der Waals surface area contributed by atoms with Gasteiger partial charge in [-0.05, 0) is 25.0 Å². The van der Waals surface area contributed by atoms with Gasteiger partial charge in [-0.1, -0.05) is 19.3 Å². The molecule has 1 atom stereocenters. The van der Waals surface area contributed by atoms with Crippen LogP contribution >= 0.6 is 0 Å². The number of ether oxygens (including phenoxy) is 2. The molecule has 0 radical (unpaired) electrons. The molecule has 1 aliphatic carbocycles. The molecule has 5 heteroatoms. The van der Waals surface area contributed by atoms with Gasteiger partial charge in [-0.3, -0.25) is 0 Å². The van der Waals surface area contributed by atoms with Crippen molar-refractivity contribution < 1.29 is 19.0 Å². The largest absolute Gasteiger partial charge is 0.494 e. The molecule has 0 amide bonds. The Bertz CT molecular complexity index is 436. The Labute approximate surface area is 125 Å². The van der Waals surface area contributed by atoms with Crippen LogP contribution in [0.1, 0.15) is 32.1 Å².